The fourth-order valence-electron chi connectivity index (χ4n) is 3.15. The van der Waals surface area contributed by atoms with Crippen molar-refractivity contribution >= 4 is 18.1 Å². The fourth-order valence-corrected chi connectivity index (χ4v) is 3.37. The first-order chi connectivity index (χ1) is 12.8. The molecule has 0 atom stereocenters. The highest BCUT2D eigenvalue weighted by atomic mass is 32.1. The van der Waals surface area contributed by atoms with Crippen LogP contribution in [0.15, 0.2) is 42.6 Å². The number of alkyl halides is 3. The SMILES string of the molecule is O=C(c1ccc[nH]c1=S)N1CCCN(Cc2ccc(C(F)(F)F)cc2)CC1. The van der Waals surface area contributed by atoms with Gasteiger partial charge in [0.2, 0.25) is 0 Å². The summed E-state index contributed by atoms with van der Waals surface area (Å²) in [6.07, 6.45) is -1.83. The van der Waals surface area contributed by atoms with Crippen LogP contribution in [0.5, 0.6) is 0 Å². The molecule has 1 aromatic heterocycles. The highest BCUT2D eigenvalue weighted by Crippen LogP contribution is 2.29. The van der Waals surface area contributed by atoms with Crippen LogP contribution >= 0.6 is 12.2 Å². The number of hydrogen-bond donors (Lipinski definition) is 1. The van der Waals surface area contributed by atoms with Gasteiger partial charge >= 0.3 is 6.18 Å². The summed E-state index contributed by atoms with van der Waals surface area (Å²) in [6, 6.07) is 8.71. The van der Waals surface area contributed by atoms with Crippen molar-refractivity contribution < 1.29 is 18.0 Å². The predicted octanol–water partition coefficient (Wildman–Crippen LogP) is 4.11. The van der Waals surface area contributed by atoms with Crippen molar-refractivity contribution in [3.05, 3.63) is 63.9 Å². The second-order valence-electron chi connectivity index (χ2n) is 6.53. The lowest BCUT2D eigenvalue weighted by Crippen LogP contribution is -2.35. The number of nitrogens with one attached hydrogen (secondary N) is 1. The predicted molar refractivity (Wildman–Crippen MR) is 98.9 cm³/mol. The van der Waals surface area contributed by atoms with Crippen molar-refractivity contribution in [2.45, 2.75) is 19.1 Å². The first kappa shape index (κ1) is 19.6. The number of nitrogens with zero attached hydrogens (tertiary/aromatic N) is 2. The molecule has 1 aliphatic heterocycles. The van der Waals surface area contributed by atoms with Crippen molar-refractivity contribution in [2.24, 2.45) is 0 Å². The molecule has 8 heteroatoms. The standard InChI is InChI=1S/C19H20F3N3OS/c20-19(21,22)15-6-4-14(5-7-15)13-24-9-2-10-25(12-11-24)18(26)16-3-1-8-23-17(16)27/h1,3-8H,2,9-13H2,(H,23,27). The Morgan fingerprint density at radius 3 is 2.48 bits per heavy atom. The molecule has 0 aliphatic carbocycles. The Morgan fingerprint density at radius 2 is 1.81 bits per heavy atom. The van der Waals surface area contributed by atoms with E-state index in [1.165, 1.54) is 12.1 Å². The van der Waals surface area contributed by atoms with E-state index in [4.69, 9.17) is 12.2 Å². The van der Waals surface area contributed by atoms with Gasteiger partial charge in [-0.3, -0.25) is 9.69 Å². The van der Waals surface area contributed by atoms with Gasteiger partial charge in [0.15, 0.2) is 0 Å². The van der Waals surface area contributed by atoms with Gasteiger partial charge in [0.1, 0.15) is 4.64 Å². The molecule has 2 heterocycles. The molecule has 0 bridgehead atoms. The van der Waals surface area contributed by atoms with Crippen LogP contribution in [-0.2, 0) is 12.7 Å². The molecule has 1 aliphatic rings. The minimum atomic E-state index is -4.32. The molecule has 4 nitrogen and oxygen atoms in total. The van der Waals surface area contributed by atoms with Gasteiger partial charge in [-0.1, -0.05) is 24.4 Å². The van der Waals surface area contributed by atoms with Crippen molar-refractivity contribution in [2.75, 3.05) is 26.2 Å². The van der Waals surface area contributed by atoms with Crippen LogP contribution in [0.3, 0.4) is 0 Å². The third kappa shape index (κ3) is 4.95. The number of carbonyl (C=O) groups excluding carboxylic acids is 1. The summed E-state index contributed by atoms with van der Waals surface area (Å²) >= 11 is 5.18. The van der Waals surface area contributed by atoms with Crippen LogP contribution in [0.1, 0.15) is 27.9 Å². The van der Waals surface area contributed by atoms with Gasteiger partial charge in [0.25, 0.3) is 5.91 Å². The number of halogens is 3. The summed E-state index contributed by atoms with van der Waals surface area (Å²) in [4.78, 5) is 19.5. The van der Waals surface area contributed by atoms with E-state index in [1.807, 2.05) is 0 Å². The molecule has 0 saturated carbocycles. The lowest BCUT2D eigenvalue weighted by molar-refractivity contribution is -0.137. The summed E-state index contributed by atoms with van der Waals surface area (Å²) in [7, 11) is 0. The normalized spacial score (nSPS) is 16.2. The molecule has 0 unspecified atom stereocenters. The van der Waals surface area contributed by atoms with Crippen molar-refractivity contribution in [3.63, 3.8) is 0 Å². The van der Waals surface area contributed by atoms with Gasteiger partial charge in [-0.15, -0.1) is 0 Å². The smallest absolute Gasteiger partial charge is 0.352 e. The molecule has 0 radical (unpaired) electrons. The van der Waals surface area contributed by atoms with Crippen molar-refractivity contribution in [3.8, 4) is 0 Å². The summed E-state index contributed by atoms with van der Waals surface area (Å²) in [5, 5.41) is 0. The monoisotopic (exact) mass is 395 g/mol. The van der Waals surface area contributed by atoms with Gasteiger partial charge < -0.3 is 9.88 Å². The fraction of sp³-hybridized carbons (Fsp3) is 0.368. The molecular weight excluding hydrogens is 375 g/mol. The zero-order chi connectivity index (χ0) is 19.4. The van der Waals surface area contributed by atoms with E-state index < -0.39 is 11.7 Å². The first-order valence-corrected chi connectivity index (χ1v) is 9.11. The van der Waals surface area contributed by atoms with E-state index in [0.29, 0.717) is 36.4 Å². The summed E-state index contributed by atoms with van der Waals surface area (Å²) < 4.78 is 38.4. The lowest BCUT2D eigenvalue weighted by Gasteiger charge is -2.22. The average Bonchev–Trinajstić information content (AvgIpc) is 2.87. The third-order valence-electron chi connectivity index (χ3n) is 4.61. The molecule has 1 fully saturated rings. The highest BCUT2D eigenvalue weighted by molar-refractivity contribution is 7.71. The molecule has 1 saturated heterocycles. The minimum Gasteiger partial charge on any atom is -0.352 e. The average molecular weight is 395 g/mol. The highest BCUT2D eigenvalue weighted by Gasteiger charge is 2.30. The van der Waals surface area contributed by atoms with Crippen LogP contribution in [0.4, 0.5) is 13.2 Å². The van der Waals surface area contributed by atoms with Crippen LogP contribution in [0.25, 0.3) is 0 Å². The van der Waals surface area contributed by atoms with Crippen LogP contribution < -0.4 is 0 Å². The Bertz CT molecular complexity index is 848. The van der Waals surface area contributed by atoms with Gasteiger partial charge in [0, 0.05) is 38.9 Å². The number of carbonyl (C=O) groups is 1. The number of pyridine rings is 1. The number of amides is 1. The second kappa shape index (κ2) is 8.22. The van der Waals surface area contributed by atoms with E-state index in [0.717, 1.165) is 30.7 Å². The number of benzene rings is 1. The number of H-pyrrole nitrogens is 1. The molecule has 0 spiro atoms. The molecular formula is C19H20F3N3OS. The maximum atomic E-state index is 12.7. The van der Waals surface area contributed by atoms with Crippen LogP contribution in [0.2, 0.25) is 0 Å². The summed E-state index contributed by atoms with van der Waals surface area (Å²) in [5.41, 5.74) is 0.676. The van der Waals surface area contributed by atoms with Crippen molar-refractivity contribution in [1.82, 2.24) is 14.8 Å². The van der Waals surface area contributed by atoms with E-state index in [9.17, 15) is 18.0 Å². The molecule has 27 heavy (non-hydrogen) atoms. The Morgan fingerprint density at radius 1 is 1.07 bits per heavy atom. The Labute approximate surface area is 160 Å². The van der Waals surface area contributed by atoms with E-state index in [-0.39, 0.29) is 5.91 Å². The maximum Gasteiger partial charge on any atom is 0.416 e. The minimum absolute atomic E-state index is 0.0896. The van der Waals surface area contributed by atoms with E-state index in [1.54, 1.807) is 23.2 Å². The lowest BCUT2D eigenvalue weighted by atomic mass is 10.1. The number of hydrogen-bond acceptors (Lipinski definition) is 3. The topological polar surface area (TPSA) is 39.3 Å². The zero-order valence-corrected chi connectivity index (χ0v) is 15.4. The number of aromatic nitrogens is 1. The van der Waals surface area contributed by atoms with Gasteiger partial charge in [-0.25, -0.2) is 0 Å². The third-order valence-corrected chi connectivity index (χ3v) is 4.95. The van der Waals surface area contributed by atoms with Crippen LogP contribution in [-0.4, -0.2) is 46.9 Å². The summed E-state index contributed by atoms with van der Waals surface area (Å²) in [6.45, 7) is 3.20. The number of aromatic amines is 1. The first-order valence-electron chi connectivity index (χ1n) is 8.70. The van der Waals surface area contributed by atoms with Gasteiger partial charge in [-0.05, 0) is 36.2 Å². The van der Waals surface area contributed by atoms with E-state index in [2.05, 4.69) is 9.88 Å². The quantitative estimate of drug-likeness (QED) is 0.795. The second-order valence-corrected chi connectivity index (χ2v) is 6.94. The molecule has 3 rings (SSSR count). The zero-order valence-electron chi connectivity index (χ0n) is 14.6. The van der Waals surface area contributed by atoms with Crippen LogP contribution in [0, 0.1) is 4.64 Å². The van der Waals surface area contributed by atoms with Crippen molar-refractivity contribution in [1.29, 1.82) is 0 Å². The molecule has 1 N–H and O–H groups in total. The molecule has 2 aromatic rings. The summed E-state index contributed by atoms with van der Waals surface area (Å²) in [5.74, 6) is -0.0896. The van der Waals surface area contributed by atoms with E-state index >= 15 is 0 Å². The molecule has 1 aromatic carbocycles. The van der Waals surface area contributed by atoms with Gasteiger partial charge in [-0.2, -0.15) is 13.2 Å². The number of rotatable bonds is 3. The molecule has 1 amide bonds. The molecule has 144 valence electrons. The Kier molecular flexibility index (Phi) is 5.96. The Hall–Kier alpha value is -2.19. The van der Waals surface area contributed by atoms with Gasteiger partial charge in [0.05, 0.1) is 11.1 Å². The largest absolute Gasteiger partial charge is 0.416 e. The Balaban J connectivity index is 1.61. The maximum absolute atomic E-state index is 12.7.